The SMILES string of the molecule is CCCCCCCCC1(OC(=O)C2CCCC(C(=O)O)C2)CCCCC1. The molecule has 0 heterocycles. The van der Waals surface area contributed by atoms with Crippen molar-refractivity contribution < 1.29 is 19.4 Å². The molecule has 0 radical (unpaired) electrons. The first-order valence-electron chi connectivity index (χ1n) is 11.0. The second-order valence-electron chi connectivity index (χ2n) is 8.58. The van der Waals surface area contributed by atoms with Crippen LogP contribution in [0.25, 0.3) is 0 Å². The Bertz CT molecular complexity index is 439. The van der Waals surface area contributed by atoms with Crippen LogP contribution in [0.15, 0.2) is 0 Å². The first-order valence-corrected chi connectivity index (χ1v) is 11.0. The highest BCUT2D eigenvalue weighted by molar-refractivity contribution is 5.76. The lowest BCUT2D eigenvalue weighted by Crippen LogP contribution is -2.40. The molecule has 26 heavy (non-hydrogen) atoms. The number of ether oxygens (including phenoxy) is 1. The maximum absolute atomic E-state index is 12.8. The minimum atomic E-state index is -0.762. The van der Waals surface area contributed by atoms with E-state index in [-0.39, 0.29) is 23.4 Å². The van der Waals surface area contributed by atoms with E-state index in [1.807, 2.05) is 0 Å². The molecular weight excluding hydrogens is 328 g/mol. The number of rotatable bonds is 10. The molecule has 0 aromatic heterocycles. The van der Waals surface area contributed by atoms with Gasteiger partial charge in [-0.15, -0.1) is 0 Å². The molecule has 2 atom stereocenters. The van der Waals surface area contributed by atoms with Crippen molar-refractivity contribution in [1.29, 1.82) is 0 Å². The Balaban J connectivity index is 1.85. The zero-order chi connectivity index (χ0) is 18.8. The summed E-state index contributed by atoms with van der Waals surface area (Å²) >= 11 is 0. The Morgan fingerprint density at radius 3 is 2.27 bits per heavy atom. The van der Waals surface area contributed by atoms with E-state index in [0.717, 1.165) is 51.4 Å². The van der Waals surface area contributed by atoms with E-state index in [9.17, 15) is 14.7 Å². The smallest absolute Gasteiger partial charge is 0.309 e. The summed E-state index contributed by atoms with van der Waals surface area (Å²) in [6.45, 7) is 2.23. The van der Waals surface area contributed by atoms with Gasteiger partial charge >= 0.3 is 11.9 Å². The number of esters is 1. The Morgan fingerprint density at radius 2 is 1.58 bits per heavy atom. The van der Waals surface area contributed by atoms with Gasteiger partial charge < -0.3 is 9.84 Å². The minimum Gasteiger partial charge on any atom is -0.481 e. The summed E-state index contributed by atoms with van der Waals surface area (Å²) in [5.41, 5.74) is -0.268. The van der Waals surface area contributed by atoms with Crippen molar-refractivity contribution in [3.63, 3.8) is 0 Å². The second-order valence-corrected chi connectivity index (χ2v) is 8.58. The molecule has 0 aromatic rings. The monoisotopic (exact) mass is 366 g/mol. The number of aliphatic carboxylic acids is 1. The van der Waals surface area contributed by atoms with Crippen LogP contribution < -0.4 is 0 Å². The number of unbranched alkanes of at least 4 members (excludes halogenated alkanes) is 5. The number of hydrogen-bond acceptors (Lipinski definition) is 3. The minimum absolute atomic E-state index is 0.121. The van der Waals surface area contributed by atoms with Crippen LogP contribution in [0.3, 0.4) is 0 Å². The Labute approximate surface area is 159 Å². The van der Waals surface area contributed by atoms with E-state index in [1.165, 1.54) is 38.5 Å². The van der Waals surface area contributed by atoms with Crippen molar-refractivity contribution in [2.75, 3.05) is 0 Å². The summed E-state index contributed by atoms with van der Waals surface area (Å²) in [6.07, 6.45) is 16.8. The molecule has 4 nitrogen and oxygen atoms in total. The van der Waals surface area contributed by atoms with E-state index in [0.29, 0.717) is 12.8 Å². The molecule has 0 aromatic carbocycles. The highest BCUT2D eigenvalue weighted by Crippen LogP contribution is 2.38. The molecule has 1 N–H and O–H groups in total. The molecule has 2 unspecified atom stereocenters. The van der Waals surface area contributed by atoms with Gasteiger partial charge in [-0.3, -0.25) is 9.59 Å². The van der Waals surface area contributed by atoms with Crippen LogP contribution in [0.4, 0.5) is 0 Å². The van der Waals surface area contributed by atoms with Crippen molar-refractivity contribution in [3.05, 3.63) is 0 Å². The molecule has 0 aliphatic heterocycles. The number of carboxylic acids is 1. The zero-order valence-electron chi connectivity index (χ0n) is 16.6. The number of carbonyl (C=O) groups is 2. The van der Waals surface area contributed by atoms with E-state index in [2.05, 4.69) is 6.92 Å². The van der Waals surface area contributed by atoms with Crippen LogP contribution in [0.5, 0.6) is 0 Å². The average Bonchev–Trinajstić information content (AvgIpc) is 2.65. The zero-order valence-corrected chi connectivity index (χ0v) is 16.6. The molecule has 2 aliphatic carbocycles. The highest BCUT2D eigenvalue weighted by Gasteiger charge is 2.39. The number of carbonyl (C=O) groups excluding carboxylic acids is 1. The lowest BCUT2D eigenvalue weighted by Gasteiger charge is -2.39. The van der Waals surface area contributed by atoms with Crippen molar-refractivity contribution in [2.24, 2.45) is 11.8 Å². The van der Waals surface area contributed by atoms with Gasteiger partial charge in [0.2, 0.25) is 0 Å². The van der Waals surface area contributed by atoms with Crippen molar-refractivity contribution in [3.8, 4) is 0 Å². The fourth-order valence-electron chi connectivity index (χ4n) is 4.75. The van der Waals surface area contributed by atoms with Crippen LogP contribution in [-0.4, -0.2) is 22.6 Å². The quantitative estimate of drug-likeness (QED) is 0.388. The third-order valence-electron chi connectivity index (χ3n) is 6.42. The Kier molecular flexibility index (Phi) is 8.94. The Hall–Kier alpha value is -1.06. The second kappa shape index (κ2) is 10.9. The lowest BCUT2D eigenvalue weighted by atomic mass is 9.79. The van der Waals surface area contributed by atoms with Gasteiger partial charge in [-0.2, -0.15) is 0 Å². The van der Waals surface area contributed by atoms with Crippen LogP contribution in [0.2, 0.25) is 0 Å². The van der Waals surface area contributed by atoms with Crippen LogP contribution in [-0.2, 0) is 14.3 Å². The van der Waals surface area contributed by atoms with Crippen molar-refractivity contribution >= 4 is 11.9 Å². The highest BCUT2D eigenvalue weighted by atomic mass is 16.6. The largest absolute Gasteiger partial charge is 0.481 e. The van der Waals surface area contributed by atoms with Crippen molar-refractivity contribution in [2.45, 2.75) is 115 Å². The normalized spacial score (nSPS) is 25.6. The van der Waals surface area contributed by atoms with Crippen LogP contribution >= 0.6 is 0 Å². The summed E-state index contributed by atoms with van der Waals surface area (Å²) in [6, 6.07) is 0. The summed E-state index contributed by atoms with van der Waals surface area (Å²) < 4.78 is 6.14. The standard InChI is InChI=1S/C22H38O4/c1-2-3-4-5-6-8-14-22(15-9-7-10-16-22)26-21(25)19-13-11-12-18(17-19)20(23)24/h18-19H,2-17H2,1H3,(H,23,24). The van der Waals surface area contributed by atoms with Gasteiger partial charge in [-0.05, 0) is 57.8 Å². The van der Waals surface area contributed by atoms with Gasteiger partial charge in [-0.1, -0.05) is 51.9 Å². The third-order valence-corrected chi connectivity index (χ3v) is 6.42. The van der Waals surface area contributed by atoms with Gasteiger partial charge in [0.05, 0.1) is 11.8 Å². The molecule has 2 aliphatic rings. The first kappa shape index (κ1) is 21.2. The first-order chi connectivity index (χ1) is 12.6. The Morgan fingerprint density at radius 1 is 0.923 bits per heavy atom. The molecule has 0 bridgehead atoms. The molecule has 0 saturated heterocycles. The predicted molar refractivity (Wildman–Crippen MR) is 103 cm³/mol. The number of hydrogen-bond donors (Lipinski definition) is 1. The molecule has 4 heteroatoms. The summed E-state index contributed by atoms with van der Waals surface area (Å²) in [7, 11) is 0. The van der Waals surface area contributed by atoms with E-state index in [1.54, 1.807) is 0 Å². The average molecular weight is 367 g/mol. The molecular formula is C22H38O4. The third kappa shape index (κ3) is 6.59. The van der Waals surface area contributed by atoms with Gasteiger partial charge in [0.25, 0.3) is 0 Å². The number of carboxylic acid groups (broad SMARTS) is 1. The summed E-state index contributed by atoms with van der Waals surface area (Å²) in [5.74, 6) is -1.47. The fraction of sp³-hybridized carbons (Fsp3) is 0.909. The van der Waals surface area contributed by atoms with Gasteiger partial charge in [-0.25, -0.2) is 0 Å². The summed E-state index contributed by atoms with van der Waals surface area (Å²) in [5, 5.41) is 9.26. The maximum atomic E-state index is 12.8. The van der Waals surface area contributed by atoms with Gasteiger partial charge in [0.15, 0.2) is 0 Å². The predicted octanol–water partition coefficient (Wildman–Crippen LogP) is 5.87. The molecule has 2 fully saturated rings. The van der Waals surface area contributed by atoms with Crippen LogP contribution in [0.1, 0.15) is 110 Å². The summed E-state index contributed by atoms with van der Waals surface area (Å²) in [4.78, 5) is 24.1. The molecule has 2 rings (SSSR count). The fourth-order valence-corrected chi connectivity index (χ4v) is 4.75. The molecule has 2 saturated carbocycles. The van der Waals surface area contributed by atoms with Gasteiger partial charge in [0, 0.05) is 0 Å². The van der Waals surface area contributed by atoms with Gasteiger partial charge in [0.1, 0.15) is 5.60 Å². The topological polar surface area (TPSA) is 63.6 Å². The van der Waals surface area contributed by atoms with E-state index < -0.39 is 5.97 Å². The molecule has 0 spiro atoms. The molecule has 150 valence electrons. The lowest BCUT2D eigenvalue weighted by molar-refractivity contribution is -0.172. The molecule has 0 amide bonds. The van der Waals surface area contributed by atoms with E-state index >= 15 is 0 Å². The van der Waals surface area contributed by atoms with Crippen molar-refractivity contribution in [1.82, 2.24) is 0 Å². The van der Waals surface area contributed by atoms with Crippen LogP contribution in [0, 0.1) is 11.8 Å². The van der Waals surface area contributed by atoms with E-state index in [4.69, 9.17) is 4.74 Å². The maximum Gasteiger partial charge on any atom is 0.309 e.